The average Bonchev–Trinajstić information content (AvgIpc) is 2.31. The number of hydrogen-bond acceptors (Lipinski definition) is 2. The van der Waals surface area contributed by atoms with Crippen LogP contribution in [-0.4, -0.2) is 11.7 Å². The van der Waals surface area contributed by atoms with E-state index < -0.39 is 0 Å². The quantitative estimate of drug-likeness (QED) is 0.818. The minimum atomic E-state index is 0.374. The Labute approximate surface area is 99.5 Å². The standard InChI is InChI=1S/C11H16O.C3H9N/c1-3-9(4-2)10-6-5-7-11(12)8-10;1-2-3-4/h5-9,12H,3-4H2,1-2H3;2-4H2,1H3. The van der Waals surface area contributed by atoms with Crippen molar-refractivity contribution in [2.75, 3.05) is 6.54 Å². The van der Waals surface area contributed by atoms with Crippen molar-refractivity contribution >= 4 is 0 Å². The van der Waals surface area contributed by atoms with Gasteiger partial charge in [-0.3, -0.25) is 0 Å². The number of phenolic OH excluding ortho intramolecular Hbond substituents is 1. The number of phenols is 1. The molecule has 3 N–H and O–H groups in total. The molecule has 0 aliphatic carbocycles. The molecule has 1 aromatic carbocycles. The van der Waals surface area contributed by atoms with Crippen LogP contribution < -0.4 is 5.73 Å². The van der Waals surface area contributed by atoms with Crippen molar-refractivity contribution in [2.45, 2.75) is 46.0 Å². The predicted molar refractivity (Wildman–Crippen MR) is 70.8 cm³/mol. The summed E-state index contributed by atoms with van der Waals surface area (Å²) in [5.74, 6) is 0.969. The molecule has 0 amide bonds. The molecule has 92 valence electrons. The van der Waals surface area contributed by atoms with Crippen molar-refractivity contribution in [3.63, 3.8) is 0 Å². The largest absolute Gasteiger partial charge is 0.508 e. The minimum absolute atomic E-state index is 0.374. The summed E-state index contributed by atoms with van der Waals surface area (Å²) in [6, 6.07) is 7.56. The van der Waals surface area contributed by atoms with Gasteiger partial charge in [-0.2, -0.15) is 0 Å². The smallest absolute Gasteiger partial charge is 0.115 e. The van der Waals surface area contributed by atoms with Gasteiger partial charge in [-0.25, -0.2) is 0 Å². The van der Waals surface area contributed by atoms with E-state index >= 15 is 0 Å². The number of rotatable bonds is 4. The Bertz CT molecular complexity index is 267. The lowest BCUT2D eigenvalue weighted by Crippen LogP contribution is -1.94. The van der Waals surface area contributed by atoms with Gasteiger partial charge in [0.15, 0.2) is 0 Å². The number of benzene rings is 1. The normalized spacial score (nSPS) is 9.81. The summed E-state index contributed by atoms with van der Waals surface area (Å²) in [5.41, 5.74) is 6.28. The fourth-order valence-electron chi connectivity index (χ4n) is 1.54. The first-order valence-corrected chi connectivity index (χ1v) is 6.18. The van der Waals surface area contributed by atoms with Gasteiger partial charge in [0.2, 0.25) is 0 Å². The highest BCUT2D eigenvalue weighted by atomic mass is 16.3. The Kier molecular flexibility index (Phi) is 8.64. The summed E-state index contributed by atoms with van der Waals surface area (Å²) in [6.45, 7) is 7.23. The second kappa shape index (κ2) is 9.22. The van der Waals surface area contributed by atoms with Crippen LogP contribution in [0.15, 0.2) is 24.3 Å². The zero-order valence-electron chi connectivity index (χ0n) is 10.7. The Balaban J connectivity index is 0.000000487. The molecule has 0 aliphatic rings. The predicted octanol–water partition coefficient (Wildman–Crippen LogP) is 3.65. The van der Waals surface area contributed by atoms with Crippen molar-refractivity contribution in [3.05, 3.63) is 29.8 Å². The van der Waals surface area contributed by atoms with E-state index in [1.807, 2.05) is 12.1 Å². The molecule has 16 heavy (non-hydrogen) atoms. The first-order chi connectivity index (χ1) is 7.69. The summed E-state index contributed by atoms with van der Waals surface area (Å²) in [7, 11) is 0. The second-order valence-corrected chi connectivity index (χ2v) is 3.90. The maximum absolute atomic E-state index is 9.25. The first kappa shape index (κ1) is 15.0. The molecular weight excluding hydrogens is 198 g/mol. The third kappa shape index (κ3) is 5.76. The monoisotopic (exact) mass is 223 g/mol. The molecule has 1 aromatic rings. The van der Waals surface area contributed by atoms with Gasteiger partial charge in [0.05, 0.1) is 0 Å². The molecule has 0 heterocycles. The maximum atomic E-state index is 9.25. The average molecular weight is 223 g/mol. The Morgan fingerprint density at radius 3 is 2.12 bits per heavy atom. The zero-order chi connectivity index (χ0) is 12.4. The van der Waals surface area contributed by atoms with Crippen molar-refractivity contribution in [1.29, 1.82) is 0 Å². The van der Waals surface area contributed by atoms with Gasteiger partial charge < -0.3 is 10.8 Å². The Morgan fingerprint density at radius 2 is 1.75 bits per heavy atom. The Hall–Kier alpha value is -1.02. The van der Waals surface area contributed by atoms with E-state index in [4.69, 9.17) is 5.73 Å². The number of nitrogens with two attached hydrogens (primary N) is 1. The van der Waals surface area contributed by atoms with Crippen LogP contribution in [0.3, 0.4) is 0 Å². The van der Waals surface area contributed by atoms with Crippen molar-refractivity contribution < 1.29 is 5.11 Å². The maximum Gasteiger partial charge on any atom is 0.115 e. The van der Waals surface area contributed by atoms with Crippen LogP contribution in [0.5, 0.6) is 5.75 Å². The van der Waals surface area contributed by atoms with E-state index in [-0.39, 0.29) is 0 Å². The van der Waals surface area contributed by atoms with E-state index in [1.165, 1.54) is 5.56 Å². The van der Waals surface area contributed by atoms with E-state index in [0.29, 0.717) is 11.7 Å². The molecule has 0 saturated heterocycles. The molecule has 1 rings (SSSR count). The van der Waals surface area contributed by atoms with Crippen LogP contribution in [0, 0.1) is 0 Å². The van der Waals surface area contributed by atoms with Crippen LogP contribution in [0.25, 0.3) is 0 Å². The molecular formula is C14H25NO. The number of aromatic hydroxyl groups is 1. The highest BCUT2D eigenvalue weighted by molar-refractivity contribution is 5.29. The third-order valence-electron chi connectivity index (χ3n) is 2.62. The summed E-state index contributed by atoms with van der Waals surface area (Å²) in [6.07, 6.45) is 3.37. The fourth-order valence-corrected chi connectivity index (χ4v) is 1.54. The lowest BCUT2D eigenvalue weighted by Gasteiger charge is -2.12. The number of hydrogen-bond donors (Lipinski definition) is 2. The van der Waals surface area contributed by atoms with Crippen molar-refractivity contribution in [2.24, 2.45) is 5.73 Å². The molecule has 0 fully saturated rings. The molecule has 0 bridgehead atoms. The second-order valence-electron chi connectivity index (χ2n) is 3.90. The van der Waals surface area contributed by atoms with Crippen molar-refractivity contribution in [1.82, 2.24) is 0 Å². The molecule has 2 heteroatoms. The minimum Gasteiger partial charge on any atom is -0.508 e. The SMILES string of the molecule is CCC(CC)c1cccc(O)c1.CCCN. The zero-order valence-corrected chi connectivity index (χ0v) is 10.7. The van der Waals surface area contributed by atoms with E-state index in [0.717, 1.165) is 25.8 Å². The third-order valence-corrected chi connectivity index (χ3v) is 2.62. The van der Waals surface area contributed by atoms with Gasteiger partial charge in [-0.15, -0.1) is 0 Å². The van der Waals surface area contributed by atoms with Crippen LogP contribution in [0.1, 0.15) is 51.5 Å². The van der Waals surface area contributed by atoms with Gasteiger partial charge in [0.1, 0.15) is 5.75 Å². The molecule has 0 atom stereocenters. The molecule has 0 aliphatic heterocycles. The van der Waals surface area contributed by atoms with E-state index in [1.54, 1.807) is 6.07 Å². The molecule has 0 radical (unpaired) electrons. The topological polar surface area (TPSA) is 46.2 Å². The fraction of sp³-hybridized carbons (Fsp3) is 0.571. The van der Waals surface area contributed by atoms with Gasteiger partial charge in [0, 0.05) is 0 Å². The van der Waals surface area contributed by atoms with Gasteiger partial charge in [0.25, 0.3) is 0 Å². The molecule has 2 nitrogen and oxygen atoms in total. The summed E-state index contributed by atoms with van der Waals surface area (Å²) in [4.78, 5) is 0. The lowest BCUT2D eigenvalue weighted by atomic mass is 9.94. The van der Waals surface area contributed by atoms with Gasteiger partial charge >= 0.3 is 0 Å². The van der Waals surface area contributed by atoms with E-state index in [2.05, 4.69) is 26.8 Å². The van der Waals surface area contributed by atoms with Crippen LogP contribution in [0.4, 0.5) is 0 Å². The molecule has 0 unspecified atom stereocenters. The molecule has 0 aromatic heterocycles. The van der Waals surface area contributed by atoms with Gasteiger partial charge in [-0.05, 0) is 49.4 Å². The first-order valence-electron chi connectivity index (χ1n) is 6.18. The van der Waals surface area contributed by atoms with Gasteiger partial charge in [-0.1, -0.05) is 32.9 Å². The van der Waals surface area contributed by atoms with Crippen LogP contribution in [0.2, 0.25) is 0 Å². The summed E-state index contributed by atoms with van der Waals surface area (Å²) < 4.78 is 0. The van der Waals surface area contributed by atoms with Crippen molar-refractivity contribution in [3.8, 4) is 5.75 Å². The Morgan fingerprint density at radius 1 is 1.19 bits per heavy atom. The highest BCUT2D eigenvalue weighted by Gasteiger charge is 2.06. The summed E-state index contributed by atoms with van der Waals surface area (Å²) >= 11 is 0. The van der Waals surface area contributed by atoms with E-state index in [9.17, 15) is 5.11 Å². The molecule has 0 spiro atoms. The summed E-state index contributed by atoms with van der Waals surface area (Å²) in [5, 5.41) is 9.25. The van der Waals surface area contributed by atoms with Crippen LogP contribution >= 0.6 is 0 Å². The molecule has 0 saturated carbocycles. The highest BCUT2D eigenvalue weighted by Crippen LogP contribution is 2.25. The lowest BCUT2D eigenvalue weighted by molar-refractivity contribution is 0.473. The van der Waals surface area contributed by atoms with Crippen LogP contribution in [-0.2, 0) is 0 Å².